The van der Waals surface area contributed by atoms with Gasteiger partial charge in [0.25, 0.3) is 0 Å². The van der Waals surface area contributed by atoms with E-state index in [1.165, 1.54) is 80.0 Å². The summed E-state index contributed by atoms with van der Waals surface area (Å²) in [6.07, 6.45) is 15.6. The minimum atomic E-state index is 0.301. The van der Waals surface area contributed by atoms with E-state index in [-0.39, 0.29) is 0 Å². The van der Waals surface area contributed by atoms with Gasteiger partial charge in [0.05, 0.1) is 19.3 Å². The first kappa shape index (κ1) is 29.0. The molecule has 3 aromatic rings. The summed E-state index contributed by atoms with van der Waals surface area (Å²) < 4.78 is 12.0. The molecule has 0 radical (unpaired) electrons. The topological polar surface area (TPSA) is 18.5 Å². The van der Waals surface area contributed by atoms with Crippen LogP contribution in [0.1, 0.15) is 95.6 Å². The molecule has 0 aliphatic heterocycles. The van der Waals surface area contributed by atoms with E-state index in [9.17, 15) is 0 Å². The molecule has 2 heteroatoms. The molecule has 0 bridgehead atoms. The molecule has 0 amide bonds. The first-order valence-corrected chi connectivity index (χ1v) is 14.7. The molecule has 2 nitrogen and oxygen atoms in total. The van der Waals surface area contributed by atoms with Crippen LogP contribution in [0.15, 0.2) is 78.9 Å². The van der Waals surface area contributed by atoms with Gasteiger partial charge in [-0.2, -0.15) is 0 Å². The van der Waals surface area contributed by atoms with Crippen LogP contribution in [0.25, 0.3) is 11.1 Å². The average molecular weight is 501 g/mol. The van der Waals surface area contributed by atoms with Crippen LogP contribution in [-0.4, -0.2) is 12.7 Å². The molecule has 0 aliphatic carbocycles. The fourth-order valence-electron chi connectivity index (χ4n) is 4.69. The van der Waals surface area contributed by atoms with Crippen molar-refractivity contribution in [2.24, 2.45) is 0 Å². The van der Waals surface area contributed by atoms with Gasteiger partial charge in [0.15, 0.2) is 0 Å². The first-order valence-electron chi connectivity index (χ1n) is 14.7. The summed E-state index contributed by atoms with van der Waals surface area (Å²) in [5.74, 6) is 0.977. The van der Waals surface area contributed by atoms with Crippen molar-refractivity contribution in [2.45, 2.75) is 104 Å². The lowest BCUT2D eigenvalue weighted by Gasteiger charge is -2.13. The Morgan fingerprint density at radius 3 is 1.89 bits per heavy atom. The zero-order chi connectivity index (χ0) is 26.0. The SMILES string of the molecule is CCCCCCCCCCOc1ccc(-c2ccc(CCCCC(C)OCc3ccccc3)cc2)cc1. The summed E-state index contributed by atoms with van der Waals surface area (Å²) >= 11 is 0. The van der Waals surface area contributed by atoms with E-state index in [2.05, 4.69) is 86.6 Å². The highest BCUT2D eigenvalue weighted by Crippen LogP contribution is 2.24. The lowest BCUT2D eigenvalue weighted by Crippen LogP contribution is -2.08. The second-order valence-electron chi connectivity index (χ2n) is 10.4. The fraction of sp³-hybridized carbons (Fsp3) is 0.486. The Hall–Kier alpha value is -2.58. The third-order valence-corrected chi connectivity index (χ3v) is 7.11. The van der Waals surface area contributed by atoms with E-state index < -0.39 is 0 Å². The van der Waals surface area contributed by atoms with Gasteiger partial charge in [-0.1, -0.05) is 125 Å². The van der Waals surface area contributed by atoms with Gasteiger partial charge in [0.2, 0.25) is 0 Å². The Balaban J connectivity index is 1.28. The van der Waals surface area contributed by atoms with Crippen molar-refractivity contribution in [1.82, 2.24) is 0 Å². The van der Waals surface area contributed by atoms with Crippen LogP contribution in [-0.2, 0) is 17.8 Å². The Morgan fingerprint density at radius 1 is 0.595 bits per heavy atom. The maximum atomic E-state index is 6.00. The number of rotatable bonds is 19. The monoisotopic (exact) mass is 500 g/mol. The summed E-state index contributed by atoms with van der Waals surface area (Å²) in [5.41, 5.74) is 5.17. The smallest absolute Gasteiger partial charge is 0.119 e. The Kier molecular flexibility index (Phi) is 13.9. The predicted octanol–water partition coefficient (Wildman–Crippen LogP) is 10.2. The van der Waals surface area contributed by atoms with Crippen molar-refractivity contribution in [3.63, 3.8) is 0 Å². The molecule has 0 aromatic heterocycles. The number of hydrogen-bond acceptors (Lipinski definition) is 2. The van der Waals surface area contributed by atoms with Crippen molar-refractivity contribution < 1.29 is 9.47 Å². The minimum absolute atomic E-state index is 0.301. The summed E-state index contributed by atoms with van der Waals surface area (Å²) in [6, 6.07) is 28.0. The summed E-state index contributed by atoms with van der Waals surface area (Å²) in [7, 11) is 0. The molecule has 0 saturated heterocycles. The molecule has 3 rings (SSSR count). The van der Waals surface area contributed by atoms with Crippen LogP contribution in [0.3, 0.4) is 0 Å². The molecule has 0 saturated carbocycles. The maximum absolute atomic E-state index is 6.00. The van der Waals surface area contributed by atoms with E-state index in [1.54, 1.807) is 0 Å². The van der Waals surface area contributed by atoms with Crippen LogP contribution in [0.5, 0.6) is 5.75 Å². The van der Waals surface area contributed by atoms with Crippen LogP contribution in [0, 0.1) is 0 Å². The normalized spacial score (nSPS) is 11.9. The van der Waals surface area contributed by atoms with Gasteiger partial charge >= 0.3 is 0 Å². The summed E-state index contributed by atoms with van der Waals surface area (Å²) in [4.78, 5) is 0. The van der Waals surface area contributed by atoms with E-state index in [0.29, 0.717) is 12.7 Å². The van der Waals surface area contributed by atoms with Gasteiger partial charge in [0, 0.05) is 0 Å². The number of hydrogen-bond donors (Lipinski definition) is 0. The van der Waals surface area contributed by atoms with Crippen LogP contribution < -0.4 is 4.74 Å². The van der Waals surface area contributed by atoms with Gasteiger partial charge in [-0.05, 0) is 67.0 Å². The third kappa shape index (κ3) is 12.0. The van der Waals surface area contributed by atoms with E-state index in [1.807, 2.05) is 6.07 Å². The molecule has 1 unspecified atom stereocenters. The molecule has 3 aromatic carbocycles. The number of benzene rings is 3. The molecule has 200 valence electrons. The molecule has 37 heavy (non-hydrogen) atoms. The largest absolute Gasteiger partial charge is 0.494 e. The van der Waals surface area contributed by atoms with Crippen LogP contribution in [0.2, 0.25) is 0 Å². The highest BCUT2D eigenvalue weighted by atomic mass is 16.5. The highest BCUT2D eigenvalue weighted by molar-refractivity contribution is 5.64. The molecule has 0 N–H and O–H groups in total. The Morgan fingerprint density at radius 2 is 1.22 bits per heavy atom. The maximum Gasteiger partial charge on any atom is 0.119 e. The molecular formula is C35H48O2. The Bertz CT molecular complexity index is 947. The predicted molar refractivity (Wildman–Crippen MR) is 158 cm³/mol. The van der Waals surface area contributed by atoms with Crippen LogP contribution in [0.4, 0.5) is 0 Å². The van der Waals surface area contributed by atoms with E-state index in [0.717, 1.165) is 31.6 Å². The standard InChI is InChI=1S/C35H48O2/c1-3-4-5-6-7-8-9-15-28-36-35-26-24-34(25-27-35)33-22-20-31(21-23-33)17-14-13-16-30(2)37-29-32-18-11-10-12-19-32/h10-12,18-27,30H,3-9,13-17,28-29H2,1-2H3. The highest BCUT2D eigenvalue weighted by Gasteiger charge is 2.04. The number of aryl methyl sites for hydroxylation is 1. The van der Waals surface area contributed by atoms with Gasteiger partial charge in [-0.25, -0.2) is 0 Å². The third-order valence-electron chi connectivity index (χ3n) is 7.11. The quantitative estimate of drug-likeness (QED) is 0.152. The molecule has 0 heterocycles. The second kappa shape index (κ2) is 17.8. The van der Waals surface area contributed by atoms with Crippen molar-refractivity contribution in [1.29, 1.82) is 0 Å². The zero-order valence-electron chi connectivity index (χ0n) is 23.3. The van der Waals surface area contributed by atoms with E-state index >= 15 is 0 Å². The van der Waals surface area contributed by atoms with E-state index in [4.69, 9.17) is 9.47 Å². The second-order valence-corrected chi connectivity index (χ2v) is 10.4. The minimum Gasteiger partial charge on any atom is -0.494 e. The van der Waals surface area contributed by atoms with Crippen molar-refractivity contribution >= 4 is 0 Å². The molecule has 0 spiro atoms. The van der Waals surface area contributed by atoms with Gasteiger partial charge < -0.3 is 9.47 Å². The average Bonchev–Trinajstić information content (AvgIpc) is 2.94. The summed E-state index contributed by atoms with van der Waals surface area (Å²) in [6.45, 7) is 5.98. The van der Waals surface area contributed by atoms with Crippen molar-refractivity contribution in [2.75, 3.05) is 6.61 Å². The molecular weight excluding hydrogens is 452 g/mol. The lowest BCUT2D eigenvalue weighted by atomic mass is 10.0. The van der Waals surface area contributed by atoms with Gasteiger partial charge in [0.1, 0.15) is 5.75 Å². The zero-order valence-corrected chi connectivity index (χ0v) is 23.3. The Labute approximate surface area is 226 Å². The molecule has 0 aliphatic rings. The van der Waals surface area contributed by atoms with Crippen molar-refractivity contribution in [3.05, 3.63) is 90.0 Å². The van der Waals surface area contributed by atoms with Gasteiger partial charge in [-0.3, -0.25) is 0 Å². The fourth-order valence-corrected chi connectivity index (χ4v) is 4.69. The molecule has 1 atom stereocenters. The van der Waals surface area contributed by atoms with Gasteiger partial charge in [-0.15, -0.1) is 0 Å². The first-order chi connectivity index (χ1) is 18.2. The summed E-state index contributed by atoms with van der Waals surface area (Å²) in [5, 5.41) is 0. The number of ether oxygens (including phenoxy) is 2. The van der Waals surface area contributed by atoms with Crippen molar-refractivity contribution in [3.8, 4) is 16.9 Å². The lowest BCUT2D eigenvalue weighted by molar-refractivity contribution is 0.0460. The van der Waals surface area contributed by atoms with Crippen LogP contribution >= 0.6 is 0 Å². The molecule has 0 fully saturated rings. The number of unbranched alkanes of at least 4 members (excludes halogenated alkanes) is 8.